The van der Waals surface area contributed by atoms with Gasteiger partial charge in [0.05, 0.1) is 0 Å². The number of alkyl halides is 1. The standard InChI is InChI=1S/C12H22ClNO2/c1-12(2,3)16-11(15)14-10(8-13)9-6-4-5-7-9/h9-10H,4-8H2,1-3H3,(H,14,15). The summed E-state index contributed by atoms with van der Waals surface area (Å²) in [5, 5.41) is 2.87. The van der Waals surface area contributed by atoms with Gasteiger partial charge in [0.15, 0.2) is 0 Å². The second kappa shape index (κ2) is 5.76. The molecule has 0 saturated heterocycles. The highest BCUT2D eigenvalue weighted by atomic mass is 35.5. The predicted octanol–water partition coefficient (Wildman–Crippen LogP) is 3.31. The average molecular weight is 248 g/mol. The van der Waals surface area contributed by atoms with Crippen molar-refractivity contribution in [2.75, 3.05) is 5.88 Å². The molecular formula is C12H22ClNO2. The molecule has 0 aromatic carbocycles. The van der Waals surface area contributed by atoms with Crippen molar-refractivity contribution < 1.29 is 9.53 Å². The maximum absolute atomic E-state index is 11.6. The molecule has 1 N–H and O–H groups in total. The van der Waals surface area contributed by atoms with Gasteiger partial charge in [0.1, 0.15) is 5.60 Å². The lowest BCUT2D eigenvalue weighted by Gasteiger charge is -2.25. The summed E-state index contributed by atoms with van der Waals surface area (Å²) in [6, 6.07) is 0.0546. The molecule has 0 bridgehead atoms. The van der Waals surface area contributed by atoms with E-state index in [4.69, 9.17) is 16.3 Å². The molecule has 0 heterocycles. The van der Waals surface area contributed by atoms with Gasteiger partial charge in [-0.2, -0.15) is 0 Å². The fourth-order valence-electron chi connectivity index (χ4n) is 2.10. The van der Waals surface area contributed by atoms with Gasteiger partial charge in [-0.05, 0) is 39.5 Å². The molecule has 1 fully saturated rings. The third kappa shape index (κ3) is 4.60. The minimum atomic E-state index is -0.448. The molecule has 94 valence electrons. The van der Waals surface area contributed by atoms with E-state index in [1.54, 1.807) is 0 Å². The average Bonchev–Trinajstić information content (AvgIpc) is 2.63. The smallest absolute Gasteiger partial charge is 0.407 e. The molecule has 1 aliphatic rings. The van der Waals surface area contributed by atoms with Gasteiger partial charge in [0.2, 0.25) is 0 Å². The highest BCUT2D eigenvalue weighted by Crippen LogP contribution is 2.28. The molecule has 0 radical (unpaired) electrons. The number of amides is 1. The highest BCUT2D eigenvalue weighted by molar-refractivity contribution is 6.18. The summed E-state index contributed by atoms with van der Waals surface area (Å²) >= 11 is 5.89. The van der Waals surface area contributed by atoms with Crippen LogP contribution >= 0.6 is 11.6 Å². The van der Waals surface area contributed by atoms with E-state index >= 15 is 0 Å². The summed E-state index contributed by atoms with van der Waals surface area (Å²) in [6.07, 6.45) is 4.45. The van der Waals surface area contributed by atoms with E-state index in [9.17, 15) is 4.79 Å². The monoisotopic (exact) mass is 247 g/mol. The van der Waals surface area contributed by atoms with Crippen molar-refractivity contribution in [3.8, 4) is 0 Å². The summed E-state index contributed by atoms with van der Waals surface area (Å²) in [7, 11) is 0. The van der Waals surface area contributed by atoms with Crippen LogP contribution in [-0.4, -0.2) is 23.6 Å². The number of nitrogens with one attached hydrogen (secondary N) is 1. The topological polar surface area (TPSA) is 38.3 Å². The van der Waals surface area contributed by atoms with E-state index in [0.29, 0.717) is 11.8 Å². The summed E-state index contributed by atoms with van der Waals surface area (Å²) in [5.41, 5.74) is -0.448. The Morgan fingerprint density at radius 1 is 1.44 bits per heavy atom. The zero-order valence-corrected chi connectivity index (χ0v) is 11.1. The van der Waals surface area contributed by atoms with Crippen molar-refractivity contribution in [1.29, 1.82) is 0 Å². The molecule has 1 saturated carbocycles. The maximum atomic E-state index is 11.6. The van der Waals surface area contributed by atoms with Crippen LogP contribution in [0.2, 0.25) is 0 Å². The third-order valence-electron chi connectivity index (χ3n) is 2.84. The van der Waals surface area contributed by atoms with E-state index < -0.39 is 5.60 Å². The van der Waals surface area contributed by atoms with Crippen molar-refractivity contribution in [1.82, 2.24) is 5.32 Å². The molecular weight excluding hydrogens is 226 g/mol. The first kappa shape index (κ1) is 13.6. The third-order valence-corrected chi connectivity index (χ3v) is 3.17. The van der Waals surface area contributed by atoms with Crippen molar-refractivity contribution in [3.05, 3.63) is 0 Å². The molecule has 1 aliphatic carbocycles. The summed E-state index contributed by atoms with van der Waals surface area (Å²) in [6.45, 7) is 5.58. The van der Waals surface area contributed by atoms with Crippen LogP contribution in [0.1, 0.15) is 46.5 Å². The summed E-state index contributed by atoms with van der Waals surface area (Å²) < 4.78 is 5.22. The van der Waals surface area contributed by atoms with Gasteiger partial charge in [-0.15, -0.1) is 11.6 Å². The predicted molar refractivity (Wildman–Crippen MR) is 65.8 cm³/mol. The molecule has 1 amide bonds. The van der Waals surface area contributed by atoms with Crippen LogP contribution in [0, 0.1) is 5.92 Å². The Hall–Kier alpha value is -0.440. The first-order chi connectivity index (χ1) is 7.42. The normalized spacial score (nSPS) is 19.5. The molecule has 4 heteroatoms. The zero-order valence-electron chi connectivity index (χ0n) is 10.4. The van der Waals surface area contributed by atoms with Gasteiger partial charge in [-0.1, -0.05) is 12.8 Å². The summed E-state index contributed by atoms with van der Waals surface area (Å²) in [5.74, 6) is 0.981. The van der Waals surface area contributed by atoms with Crippen LogP contribution in [0.4, 0.5) is 4.79 Å². The Labute approximate surface area is 103 Å². The number of carbonyl (C=O) groups excluding carboxylic acids is 1. The first-order valence-electron chi connectivity index (χ1n) is 5.98. The number of carbonyl (C=O) groups is 1. The van der Waals surface area contributed by atoms with Crippen LogP contribution in [0.5, 0.6) is 0 Å². The Bertz CT molecular complexity index is 232. The van der Waals surface area contributed by atoms with E-state index in [1.165, 1.54) is 12.8 Å². The molecule has 0 aromatic rings. The molecule has 3 nitrogen and oxygen atoms in total. The zero-order chi connectivity index (χ0) is 12.2. The Morgan fingerprint density at radius 2 is 2.00 bits per heavy atom. The minimum absolute atomic E-state index is 0.0546. The summed E-state index contributed by atoms with van der Waals surface area (Å²) in [4.78, 5) is 11.6. The molecule has 1 unspecified atom stereocenters. The lowest BCUT2D eigenvalue weighted by molar-refractivity contribution is 0.0493. The van der Waals surface area contributed by atoms with Crippen LogP contribution in [0.3, 0.4) is 0 Å². The van der Waals surface area contributed by atoms with E-state index in [2.05, 4.69) is 5.32 Å². The molecule has 0 aliphatic heterocycles. The number of ether oxygens (including phenoxy) is 1. The van der Waals surface area contributed by atoms with Gasteiger partial charge >= 0.3 is 6.09 Å². The number of alkyl carbamates (subject to hydrolysis) is 1. The number of rotatable bonds is 3. The van der Waals surface area contributed by atoms with Gasteiger partial charge in [-0.25, -0.2) is 4.79 Å². The molecule has 0 aromatic heterocycles. The van der Waals surface area contributed by atoms with Crippen molar-refractivity contribution >= 4 is 17.7 Å². The van der Waals surface area contributed by atoms with Crippen LogP contribution < -0.4 is 5.32 Å². The SMILES string of the molecule is CC(C)(C)OC(=O)NC(CCl)C1CCCC1. The van der Waals surface area contributed by atoms with Crippen LogP contribution in [0.15, 0.2) is 0 Å². The molecule has 1 rings (SSSR count). The molecule has 0 spiro atoms. The first-order valence-corrected chi connectivity index (χ1v) is 6.51. The van der Waals surface area contributed by atoms with Gasteiger partial charge in [-0.3, -0.25) is 0 Å². The van der Waals surface area contributed by atoms with Crippen LogP contribution in [-0.2, 0) is 4.74 Å². The Kier molecular flexibility index (Phi) is 4.90. The quantitative estimate of drug-likeness (QED) is 0.777. The van der Waals surface area contributed by atoms with Crippen molar-refractivity contribution in [3.63, 3.8) is 0 Å². The fraction of sp³-hybridized carbons (Fsp3) is 0.917. The van der Waals surface area contributed by atoms with E-state index in [1.807, 2.05) is 20.8 Å². The lowest BCUT2D eigenvalue weighted by Crippen LogP contribution is -2.43. The number of halogens is 1. The van der Waals surface area contributed by atoms with Crippen molar-refractivity contribution in [2.24, 2.45) is 5.92 Å². The number of hydrogen-bond donors (Lipinski definition) is 1. The fourth-order valence-corrected chi connectivity index (χ4v) is 2.43. The Balaban J connectivity index is 2.40. The Morgan fingerprint density at radius 3 is 2.44 bits per heavy atom. The van der Waals surface area contributed by atoms with Crippen molar-refractivity contribution in [2.45, 2.75) is 58.1 Å². The maximum Gasteiger partial charge on any atom is 0.407 e. The van der Waals surface area contributed by atoms with Gasteiger partial charge in [0, 0.05) is 11.9 Å². The lowest BCUT2D eigenvalue weighted by atomic mass is 10.00. The largest absolute Gasteiger partial charge is 0.444 e. The molecule has 16 heavy (non-hydrogen) atoms. The second-order valence-corrected chi connectivity index (χ2v) is 5.76. The van der Waals surface area contributed by atoms with E-state index in [0.717, 1.165) is 12.8 Å². The van der Waals surface area contributed by atoms with Crippen LogP contribution in [0.25, 0.3) is 0 Å². The number of hydrogen-bond acceptors (Lipinski definition) is 2. The van der Waals surface area contributed by atoms with E-state index in [-0.39, 0.29) is 12.1 Å². The molecule has 1 atom stereocenters. The minimum Gasteiger partial charge on any atom is -0.444 e. The second-order valence-electron chi connectivity index (χ2n) is 5.45. The van der Waals surface area contributed by atoms with Gasteiger partial charge in [0.25, 0.3) is 0 Å². The van der Waals surface area contributed by atoms with Gasteiger partial charge < -0.3 is 10.1 Å². The highest BCUT2D eigenvalue weighted by Gasteiger charge is 2.27.